The van der Waals surface area contributed by atoms with E-state index in [0.29, 0.717) is 18.4 Å². The van der Waals surface area contributed by atoms with E-state index >= 15 is 0 Å². The Kier molecular flexibility index (Phi) is 3.33. The molecule has 0 aliphatic carbocycles. The van der Waals surface area contributed by atoms with Crippen LogP contribution >= 0.6 is 0 Å². The van der Waals surface area contributed by atoms with Gasteiger partial charge in [-0.1, -0.05) is 0 Å². The molecule has 2 atom stereocenters. The van der Waals surface area contributed by atoms with E-state index < -0.39 is 0 Å². The number of rotatable bonds is 2. The van der Waals surface area contributed by atoms with Crippen LogP contribution in [-0.4, -0.2) is 28.6 Å². The smallest absolute Gasteiger partial charge is 0.276 e. The zero-order chi connectivity index (χ0) is 12.4. The topological polar surface area (TPSA) is 101 Å². The molecule has 1 fully saturated rings. The van der Waals surface area contributed by atoms with E-state index in [1.807, 2.05) is 0 Å². The Hall–Kier alpha value is -1.56. The minimum Gasteiger partial charge on any atom is -0.391 e. The summed E-state index contributed by atoms with van der Waals surface area (Å²) in [5.74, 6) is 0.566. The van der Waals surface area contributed by atoms with E-state index in [0.717, 1.165) is 19.3 Å². The van der Waals surface area contributed by atoms with Gasteiger partial charge < -0.3 is 21.4 Å². The van der Waals surface area contributed by atoms with Crippen molar-refractivity contribution in [2.45, 2.75) is 38.3 Å². The minimum atomic E-state index is -0.288. The third-order valence-corrected chi connectivity index (χ3v) is 3.41. The third-order valence-electron chi connectivity index (χ3n) is 3.41. The standard InChI is InChI=1S/C11H19N5O/c1-7-3-2-4-8(5-12)16(7)10-9(13)11(17)15-6-14-10/h6-8H,2-5,12-13H2,1H3,(H,14,15,17). The largest absolute Gasteiger partial charge is 0.391 e. The molecule has 0 bridgehead atoms. The first-order valence-corrected chi connectivity index (χ1v) is 5.96. The van der Waals surface area contributed by atoms with Crippen LogP contribution in [0.1, 0.15) is 26.2 Å². The van der Waals surface area contributed by atoms with E-state index in [2.05, 4.69) is 21.8 Å². The van der Waals surface area contributed by atoms with Crippen LogP contribution in [-0.2, 0) is 0 Å². The molecule has 94 valence electrons. The van der Waals surface area contributed by atoms with Crippen LogP contribution in [0.5, 0.6) is 0 Å². The molecule has 1 saturated heterocycles. The molecule has 1 aromatic rings. The number of nitrogens with zero attached hydrogens (tertiary/aromatic N) is 2. The summed E-state index contributed by atoms with van der Waals surface area (Å²) >= 11 is 0. The number of nitrogens with one attached hydrogen (secondary N) is 1. The molecule has 0 spiro atoms. The summed E-state index contributed by atoms with van der Waals surface area (Å²) in [5.41, 5.74) is 11.5. The van der Waals surface area contributed by atoms with Crippen molar-refractivity contribution in [3.05, 3.63) is 16.7 Å². The van der Waals surface area contributed by atoms with Crippen molar-refractivity contribution >= 4 is 11.5 Å². The van der Waals surface area contributed by atoms with E-state index in [9.17, 15) is 4.79 Å². The van der Waals surface area contributed by atoms with Crippen molar-refractivity contribution in [1.82, 2.24) is 9.97 Å². The summed E-state index contributed by atoms with van der Waals surface area (Å²) in [4.78, 5) is 20.3. The van der Waals surface area contributed by atoms with Crippen molar-refractivity contribution in [2.24, 2.45) is 5.73 Å². The Morgan fingerprint density at radius 3 is 3.06 bits per heavy atom. The Labute approximate surface area is 100 Å². The predicted molar refractivity (Wildman–Crippen MR) is 67.9 cm³/mol. The summed E-state index contributed by atoms with van der Waals surface area (Å²) in [6.07, 6.45) is 4.64. The molecule has 5 N–H and O–H groups in total. The summed E-state index contributed by atoms with van der Waals surface area (Å²) < 4.78 is 0. The maximum Gasteiger partial charge on any atom is 0.276 e. The Morgan fingerprint density at radius 2 is 2.35 bits per heavy atom. The number of piperidine rings is 1. The molecule has 0 saturated carbocycles. The van der Waals surface area contributed by atoms with E-state index in [4.69, 9.17) is 11.5 Å². The van der Waals surface area contributed by atoms with Gasteiger partial charge >= 0.3 is 0 Å². The van der Waals surface area contributed by atoms with Gasteiger partial charge in [0.15, 0.2) is 5.82 Å². The van der Waals surface area contributed by atoms with Gasteiger partial charge in [0.2, 0.25) is 0 Å². The Balaban J connectivity index is 2.41. The van der Waals surface area contributed by atoms with Crippen molar-refractivity contribution in [3.8, 4) is 0 Å². The first kappa shape index (κ1) is 11.9. The highest BCUT2D eigenvalue weighted by Crippen LogP contribution is 2.29. The van der Waals surface area contributed by atoms with Gasteiger partial charge in [0, 0.05) is 18.6 Å². The monoisotopic (exact) mass is 237 g/mol. The summed E-state index contributed by atoms with van der Waals surface area (Å²) in [6.45, 7) is 2.67. The van der Waals surface area contributed by atoms with Gasteiger partial charge in [0.1, 0.15) is 5.69 Å². The number of hydrogen-bond acceptors (Lipinski definition) is 5. The normalized spacial score (nSPS) is 24.9. The highest BCUT2D eigenvalue weighted by Gasteiger charge is 2.29. The van der Waals surface area contributed by atoms with Crippen LogP contribution in [0.15, 0.2) is 11.1 Å². The first-order valence-electron chi connectivity index (χ1n) is 5.96. The SMILES string of the molecule is CC1CCCC(CN)N1c1nc[nH]c(=O)c1N. The minimum absolute atomic E-state index is 0.180. The van der Waals surface area contributed by atoms with Gasteiger partial charge in [0.25, 0.3) is 5.56 Å². The highest BCUT2D eigenvalue weighted by molar-refractivity contribution is 5.62. The van der Waals surface area contributed by atoms with E-state index in [1.165, 1.54) is 6.33 Å². The van der Waals surface area contributed by atoms with Gasteiger partial charge in [-0.25, -0.2) is 4.98 Å². The second-order valence-electron chi connectivity index (χ2n) is 4.55. The fourth-order valence-electron chi connectivity index (χ4n) is 2.51. The quantitative estimate of drug-likeness (QED) is 0.675. The number of nitrogen functional groups attached to an aromatic ring is 1. The molecular weight excluding hydrogens is 218 g/mol. The zero-order valence-electron chi connectivity index (χ0n) is 10.0. The lowest BCUT2D eigenvalue weighted by Gasteiger charge is -2.41. The van der Waals surface area contributed by atoms with Crippen molar-refractivity contribution < 1.29 is 0 Å². The number of anilines is 2. The molecule has 2 rings (SSSR count). The van der Waals surface area contributed by atoms with Crippen molar-refractivity contribution in [1.29, 1.82) is 0 Å². The molecular formula is C11H19N5O. The lowest BCUT2D eigenvalue weighted by Crippen LogP contribution is -2.50. The van der Waals surface area contributed by atoms with Gasteiger partial charge in [0.05, 0.1) is 6.33 Å². The van der Waals surface area contributed by atoms with Crippen molar-refractivity contribution in [2.75, 3.05) is 17.2 Å². The molecule has 17 heavy (non-hydrogen) atoms. The van der Waals surface area contributed by atoms with Gasteiger partial charge in [-0.05, 0) is 26.2 Å². The molecule has 6 heteroatoms. The zero-order valence-corrected chi connectivity index (χ0v) is 10.0. The molecule has 2 unspecified atom stereocenters. The fraction of sp³-hybridized carbons (Fsp3) is 0.636. The van der Waals surface area contributed by atoms with Gasteiger partial charge in [-0.2, -0.15) is 0 Å². The van der Waals surface area contributed by atoms with Crippen LogP contribution in [0.25, 0.3) is 0 Å². The van der Waals surface area contributed by atoms with Crippen molar-refractivity contribution in [3.63, 3.8) is 0 Å². The Bertz CT molecular complexity index is 444. The average Bonchev–Trinajstić information content (AvgIpc) is 2.33. The summed E-state index contributed by atoms with van der Waals surface area (Å²) in [7, 11) is 0. The molecule has 1 aliphatic heterocycles. The number of H-pyrrole nitrogens is 1. The van der Waals surface area contributed by atoms with Crippen LogP contribution in [0.2, 0.25) is 0 Å². The fourth-order valence-corrected chi connectivity index (χ4v) is 2.51. The number of nitrogens with two attached hydrogens (primary N) is 2. The lowest BCUT2D eigenvalue weighted by molar-refractivity contribution is 0.398. The average molecular weight is 237 g/mol. The van der Waals surface area contributed by atoms with Crippen LogP contribution in [0.3, 0.4) is 0 Å². The van der Waals surface area contributed by atoms with E-state index in [-0.39, 0.29) is 17.3 Å². The summed E-state index contributed by atoms with van der Waals surface area (Å²) in [5, 5.41) is 0. The number of aromatic nitrogens is 2. The van der Waals surface area contributed by atoms with Gasteiger partial charge in [-0.3, -0.25) is 4.79 Å². The van der Waals surface area contributed by atoms with Crippen LogP contribution in [0, 0.1) is 0 Å². The van der Waals surface area contributed by atoms with E-state index in [1.54, 1.807) is 0 Å². The molecule has 0 radical (unpaired) electrons. The summed E-state index contributed by atoms with van der Waals surface area (Å²) in [6, 6.07) is 0.532. The highest BCUT2D eigenvalue weighted by atomic mass is 16.1. The second-order valence-corrected chi connectivity index (χ2v) is 4.55. The lowest BCUT2D eigenvalue weighted by atomic mass is 9.96. The maximum atomic E-state index is 11.5. The first-order chi connectivity index (χ1) is 8.15. The second kappa shape index (κ2) is 4.75. The molecule has 1 aliphatic rings. The third kappa shape index (κ3) is 2.12. The Morgan fingerprint density at radius 1 is 1.59 bits per heavy atom. The predicted octanol–water partition coefficient (Wildman–Crippen LogP) is 0.0582. The van der Waals surface area contributed by atoms with Crippen LogP contribution < -0.4 is 21.9 Å². The number of aromatic amines is 1. The molecule has 2 heterocycles. The molecule has 6 nitrogen and oxygen atoms in total. The van der Waals surface area contributed by atoms with Gasteiger partial charge in [-0.15, -0.1) is 0 Å². The molecule has 0 amide bonds. The number of hydrogen-bond donors (Lipinski definition) is 3. The van der Waals surface area contributed by atoms with Crippen LogP contribution in [0.4, 0.5) is 11.5 Å². The maximum absolute atomic E-state index is 11.5. The molecule has 1 aromatic heterocycles. The molecule has 0 aromatic carbocycles.